The fourth-order valence-corrected chi connectivity index (χ4v) is 3.78. The summed E-state index contributed by atoms with van der Waals surface area (Å²) in [5.41, 5.74) is 11.9. The molecule has 1 saturated heterocycles. The van der Waals surface area contributed by atoms with Crippen LogP contribution in [-0.4, -0.2) is 47.9 Å². The van der Waals surface area contributed by atoms with Crippen molar-refractivity contribution in [2.24, 2.45) is 5.73 Å². The molecule has 7 heteroatoms. The molecule has 0 saturated carbocycles. The number of nitrogens with zero attached hydrogens (tertiary/aromatic N) is 4. The second kappa shape index (κ2) is 6.74. The first-order valence-electron chi connectivity index (χ1n) is 9.11. The van der Waals surface area contributed by atoms with Crippen molar-refractivity contribution in [3.63, 3.8) is 0 Å². The normalized spacial score (nSPS) is 16.9. The zero-order valence-corrected chi connectivity index (χ0v) is 16.2. The molecule has 0 radical (unpaired) electrons. The lowest BCUT2D eigenvalue weighted by molar-refractivity contribution is 0.355. The zero-order chi connectivity index (χ0) is 19.1. The number of anilines is 1. The van der Waals surface area contributed by atoms with Crippen LogP contribution in [0, 0.1) is 13.8 Å². The first-order chi connectivity index (χ1) is 13.0. The van der Waals surface area contributed by atoms with Gasteiger partial charge in [-0.05, 0) is 44.5 Å². The highest BCUT2D eigenvalue weighted by Gasteiger charge is 2.24. The third-order valence-corrected chi connectivity index (χ3v) is 5.08. The molecule has 3 heterocycles. The smallest absolute Gasteiger partial charge is 0.178 e. The van der Waals surface area contributed by atoms with Crippen LogP contribution in [0.2, 0.25) is 0 Å². The van der Waals surface area contributed by atoms with E-state index in [0.29, 0.717) is 11.5 Å². The number of nitrogens with two attached hydrogens (primary N) is 1. The van der Waals surface area contributed by atoms with Crippen LogP contribution in [0.4, 0.5) is 5.69 Å². The summed E-state index contributed by atoms with van der Waals surface area (Å²) < 4.78 is 12.8. The van der Waals surface area contributed by atoms with E-state index >= 15 is 0 Å². The Kier molecular flexibility index (Phi) is 4.39. The van der Waals surface area contributed by atoms with Crippen LogP contribution >= 0.6 is 0 Å². The maximum atomic E-state index is 6.12. The van der Waals surface area contributed by atoms with Crippen LogP contribution in [0.15, 0.2) is 24.3 Å². The lowest BCUT2D eigenvalue weighted by Crippen LogP contribution is -2.27. The minimum absolute atomic E-state index is 0.208. The monoisotopic (exact) mass is 367 g/mol. The molecule has 4 rings (SSSR count). The van der Waals surface area contributed by atoms with Crippen molar-refractivity contribution in [2.75, 3.05) is 32.2 Å². The summed E-state index contributed by atoms with van der Waals surface area (Å²) in [6, 6.07) is 8.18. The van der Waals surface area contributed by atoms with Crippen LogP contribution in [0.5, 0.6) is 11.5 Å². The molecule has 0 amide bonds. The van der Waals surface area contributed by atoms with E-state index in [1.54, 1.807) is 14.2 Å². The van der Waals surface area contributed by atoms with Crippen LogP contribution in [0.1, 0.15) is 17.8 Å². The molecule has 0 spiro atoms. The van der Waals surface area contributed by atoms with Crippen LogP contribution < -0.4 is 20.1 Å². The average molecular weight is 367 g/mol. The average Bonchev–Trinajstić information content (AvgIpc) is 3.23. The van der Waals surface area contributed by atoms with E-state index in [2.05, 4.69) is 11.0 Å². The number of hydrogen-bond acceptors (Lipinski definition) is 6. The van der Waals surface area contributed by atoms with Crippen LogP contribution in [-0.2, 0) is 0 Å². The van der Waals surface area contributed by atoms with E-state index in [-0.39, 0.29) is 6.04 Å². The number of methoxy groups -OCH3 is 2. The number of rotatable bonds is 4. The lowest BCUT2D eigenvalue weighted by Gasteiger charge is -2.19. The van der Waals surface area contributed by atoms with Crippen LogP contribution in [0.3, 0.4) is 0 Å². The van der Waals surface area contributed by atoms with Gasteiger partial charge in [-0.25, -0.2) is 9.50 Å². The van der Waals surface area contributed by atoms with Crippen molar-refractivity contribution in [1.82, 2.24) is 14.6 Å². The Morgan fingerprint density at radius 1 is 1.11 bits per heavy atom. The van der Waals surface area contributed by atoms with E-state index in [4.69, 9.17) is 25.3 Å². The number of hydrogen-bond donors (Lipinski definition) is 1. The number of ether oxygens (including phenoxy) is 2. The summed E-state index contributed by atoms with van der Waals surface area (Å²) in [7, 11) is 3.27. The number of aromatic nitrogens is 3. The molecule has 0 bridgehead atoms. The van der Waals surface area contributed by atoms with Gasteiger partial charge in [-0.1, -0.05) is 0 Å². The van der Waals surface area contributed by atoms with Gasteiger partial charge in [0, 0.05) is 24.7 Å². The summed E-state index contributed by atoms with van der Waals surface area (Å²) in [6.45, 7) is 5.80. The first-order valence-corrected chi connectivity index (χ1v) is 9.11. The number of imidazole rings is 1. The number of fused-ring (bicyclic) bond motifs is 1. The second-order valence-corrected chi connectivity index (χ2v) is 7.02. The Morgan fingerprint density at radius 3 is 2.56 bits per heavy atom. The second-order valence-electron chi connectivity index (χ2n) is 7.02. The van der Waals surface area contributed by atoms with Gasteiger partial charge in [-0.2, -0.15) is 5.10 Å². The molecule has 3 aromatic rings. The zero-order valence-electron chi connectivity index (χ0n) is 16.2. The molecule has 1 aromatic carbocycles. The third-order valence-electron chi connectivity index (χ3n) is 5.08. The molecular formula is C20H25N5O2. The van der Waals surface area contributed by atoms with Crippen molar-refractivity contribution < 1.29 is 9.47 Å². The van der Waals surface area contributed by atoms with Gasteiger partial charge in [0.15, 0.2) is 17.1 Å². The Bertz CT molecular complexity index is 998. The Balaban J connectivity index is 1.90. The van der Waals surface area contributed by atoms with E-state index in [1.165, 1.54) is 0 Å². The predicted octanol–water partition coefficient (Wildman–Crippen LogP) is 2.57. The molecule has 2 aromatic heterocycles. The van der Waals surface area contributed by atoms with Crippen molar-refractivity contribution in [3.05, 3.63) is 35.7 Å². The summed E-state index contributed by atoms with van der Waals surface area (Å²) in [5, 5.41) is 4.75. The van der Waals surface area contributed by atoms with Gasteiger partial charge in [0.25, 0.3) is 0 Å². The van der Waals surface area contributed by atoms with E-state index < -0.39 is 0 Å². The van der Waals surface area contributed by atoms with Crippen LogP contribution in [0.25, 0.3) is 16.9 Å². The van der Waals surface area contributed by atoms with E-state index in [9.17, 15) is 0 Å². The Labute approximate surface area is 158 Å². The summed E-state index contributed by atoms with van der Waals surface area (Å²) in [5.74, 6) is 1.38. The summed E-state index contributed by atoms with van der Waals surface area (Å²) in [6.07, 6.45) is 0.996. The molecule has 1 fully saturated rings. The van der Waals surface area contributed by atoms with Gasteiger partial charge in [-0.15, -0.1) is 0 Å². The van der Waals surface area contributed by atoms with Gasteiger partial charge >= 0.3 is 0 Å². The molecule has 0 aliphatic carbocycles. The SMILES string of the molecule is COc1ccc(-c2c(C)nc3c(N4CC[C@@H](N)C4)cc(C)nn23)cc1OC. The topological polar surface area (TPSA) is 77.9 Å². The van der Waals surface area contributed by atoms with E-state index in [0.717, 1.165) is 53.5 Å². The molecule has 1 aliphatic rings. The molecule has 7 nitrogen and oxygen atoms in total. The Hall–Kier alpha value is -2.80. The number of benzene rings is 1. The molecule has 2 N–H and O–H groups in total. The maximum Gasteiger partial charge on any atom is 0.178 e. The molecule has 1 atom stereocenters. The quantitative estimate of drug-likeness (QED) is 0.764. The van der Waals surface area contributed by atoms with Gasteiger partial charge < -0.3 is 20.1 Å². The lowest BCUT2D eigenvalue weighted by atomic mass is 10.1. The third kappa shape index (κ3) is 2.98. The Morgan fingerprint density at radius 2 is 1.89 bits per heavy atom. The standard InChI is InChI=1S/C20H25N5O2/c1-12-9-16(24-8-7-15(21)11-24)20-22-13(2)19(25(20)23-12)14-5-6-17(26-3)18(10-14)27-4/h5-6,9-10,15H,7-8,11,21H2,1-4H3/t15-/m1/s1. The predicted molar refractivity (Wildman–Crippen MR) is 106 cm³/mol. The highest BCUT2D eigenvalue weighted by Crippen LogP contribution is 2.35. The van der Waals surface area contributed by atoms with Crippen molar-refractivity contribution in [3.8, 4) is 22.8 Å². The fourth-order valence-electron chi connectivity index (χ4n) is 3.78. The van der Waals surface area contributed by atoms with Gasteiger partial charge in [0.1, 0.15) is 0 Å². The highest BCUT2D eigenvalue weighted by molar-refractivity contribution is 5.76. The van der Waals surface area contributed by atoms with Crippen molar-refractivity contribution in [1.29, 1.82) is 0 Å². The van der Waals surface area contributed by atoms with Crippen molar-refractivity contribution in [2.45, 2.75) is 26.3 Å². The maximum absolute atomic E-state index is 6.12. The van der Waals surface area contributed by atoms with Gasteiger partial charge in [0.2, 0.25) is 0 Å². The fraction of sp³-hybridized carbons (Fsp3) is 0.400. The molecular weight excluding hydrogens is 342 g/mol. The summed E-state index contributed by atoms with van der Waals surface area (Å²) >= 11 is 0. The minimum Gasteiger partial charge on any atom is -0.493 e. The highest BCUT2D eigenvalue weighted by atomic mass is 16.5. The van der Waals surface area contributed by atoms with Gasteiger partial charge in [0.05, 0.1) is 37.0 Å². The summed E-state index contributed by atoms with van der Waals surface area (Å²) in [4.78, 5) is 7.15. The molecule has 27 heavy (non-hydrogen) atoms. The van der Waals surface area contributed by atoms with E-state index in [1.807, 2.05) is 36.6 Å². The minimum atomic E-state index is 0.208. The molecule has 142 valence electrons. The van der Waals surface area contributed by atoms with Crippen molar-refractivity contribution >= 4 is 11.3 Å². The first kappa shape index (κ1) is 17.6. The molecule has 1 aliphatic heterocycles. The largest absolute Gasteiger partial charge is 0.493 e. The van der Waals surface area contributed by atoms with Gasteiger partial charge in [-0.3, -0.25) is 0 Å². The number of aryl methyl sites for hydroxylation is 2. The molecule has 0 unspecified atom stereocenters.